The van der Waals surface area contributed by atoms with Crippen molar-refractivity contribution in [3.8, 4) is 22.3 Å². The molecule has 8 aromatic heterocycles. The Morgan fingerprint density at radius 2 is 0.964 bits per heavy atom. The van der Waals surface area contributed by atoms with E-state index in [0.29, 0.717) is 68.2 Å². The predicted octanol–water partition coefficient (Wildman–Crippen LogP) is 12.4. The Balaban J connectivity index is 0.000000302. The molecule has 10 aromatic rings. The Kier molecular flexibility index (Phi) is 48.1. The SMILES string of the molecule is C.CC(=O)c1nn(CC(=O)N2C[C@H](F)C[C@H]2C(=O)N=c2cccc(Br)n2O)c2ccc(-c3cnc(C)nc3)cc12.CC(=O)c1nn(CC(=O)O)c2ccc(-c3cnc(C)nc3)cc12.CC(C)(C)OC(=O)N1C[C@H](F)C[C@H]1C(=O)Cc1cccc(Br)[n+]1[O-].CC(C)(C)OC(=O)N1C[C@H](F)C[C@H]1C(=O)Cc1cccc(Br)n1.O=C(Cc1cccc(Br)[n+]1[O-])[C@@H]1C[C@@H](F)CN1.S.S=S.S=S=S.S=S=S=S. The Bertz CT molecular complexity index is 6210. The van der Waals surface area contributed by atoms with Crippen LogP contribution >= 0.6 is 77.2 Å². The Labute approximate surface area is 864 Å². The number of carbonyl (C=O) groups excluding carboxylic acids is 9. The van der Waals surface area contributed by atoms with Gasteiger partial charge in [-0.05, 0) is 159 Å². The molecule has 4 aliphatic rings. The lowest BCUT2D eigenvalue weighted by atomic mass is 10.0. The fourth-order valence-corrected chi connectivity index (χ4v) is 15.3. The monoisotopic (exact) mass is 2330 g/mol. The van der Waals surface area contributed by atoms with Gasteiger partial charge in [0.25, 0.3) is 15.1 Å². The molecule has 33 nitrogen and oxygen atoms in total. The number of carbonyl (C=O) groups is 10. The van der Waals surface area contributed by atoms with Crippen LogP contribution in [-0.4, -0.2) is 219 Å². The zero-order chi connectivity index (χ0) is 100. The summed E-state index contributed by atoms with van der Waals surface area (Å²) in [6.45, 7) is 15.7. The van der Waals surface area contributed by atoms with Crippen LogP contribution in [0, 0.1) is 24.3 Å². The number of halogens is 8. The summed E-state index contributed by atoms with van der Waals surface area (Å²) in [5, 5.41) is 55.1. The topological polar surface area (TPSA) is 423 Å². The fourth-order valence-electron chi connectivity index (χ4n) is 13.8. The highest BCUT2D eigenvalue weighted by Gasteiger charge is 2.45. The van der Waals surface area contributed by atoms with E-state index in [0.717, 1.165) is 40.9 Å². The summed E-state index contributed by atoms with van der Waals surface area (Å²) in [5.41, 5.74) is 4.47. The van der Waals surface area contributed by atoms with E-state index in [1.54, 1.807) is 159 Å². The summed E-state index contributed by atoms with van der Waals surface area (Å²) < 4.78 is 71.6. The average molecular weight is 2340 g/mol. The summed E-state index contributed by atoms with van der Waals surface area (Å²) in [6, 6.07) is 26.8. The second-order valence-electron chi connectivity index (χ2n) is 32.0. The number of hydrogen-bond acceptors (Lipinski definition) is 29. The zero-order valence-corrected chi connectivity index (χ0v) is 88.7. The van der Waals surface area contributed by atoms with Crippen LogP contribution in [0.4, 0.5) is 27.2 Å². The number of carboxylic acid groups (broad SMARTS) is 1. The predicted molar refractivity (Wildman–Crippen MR) is 545 cm³/mol. The number of carboxylic acids is 1. The molecule has 0 aliphatic carbocycles. The van der Waals surface area contributed by atoms with Gasteiger partial charge in [0, 0.05) is 248 Å². The van der Waals surface area contributed by atoms with Crippen LogP contribution in [-0.2, 0) is 164 Å². The number of Topliss-reactive ketones (excluding diaryl/α,β-unsaturated/α-hetero) is 5. The van der Waals surface area contributed by atoms with Crippen molar-refractivity contribution < 1.29 is 94.8 Å². The van der Waals surface area contributed by atoms with Gasteiger partial charge in [0.2, 0.25) is 17.3 Å². The summed E-state index contributed by atoms with van der Waals surface area (Å²) >= 11 is 36.8. The minimum absolute atomic E-state index is 0. The van der Waals surface area contributed by atoms with Crippen molar-refractivity contribution in [1.29, 1.82) is 0 Å². The minimum Gasteiger partial charge on any atom is -0.618 e. The summed E-state index contributed by atoms with van der Waals surface area (Å²) in [5.74, 6) is -2.28. The number of pyridine rings is 4. The summed E-state index contributed by atoms with van der Waals surface area (Å²) in [4.78, 5) is 151. The quantitative estimate of drug-likeness (QED) is 0.0179. The molecule has 14 rings (SSSR count). The Morgan fingerprint density at radius 1 is 0.555 bits per heavy atom. The van der Waals surface area contributed by atoms with E-state index < -0.39 is 90.0 Å². The van der Waals surface area contributed by atoms with Crippen LogP contribution in [0.2, 0.25) is 0 Å². The zero-order valence-electron chi connectivity index (χ0n) is 74.0. The number of aryl methyl sites for hydroxylation is 2. The number of rotatable bonds is 18. The highest BCUT2D eigenvalue weighted by atomic mass is 79.9. The average Bonchev–Trinajstić information content (AvgIpc) is 1.63. The lowest BCUT2D eigenvalue weighted by molar-refractivity contribution is -0.625. The van der Waals surface area contributed by atoms with Crippen molar-refractivity contribution >= 4 is 252 Å². The summed E-state index contributed by atoms with van der Waals surface area (Å²) in [7, 11) is 3.26. The lowest BCUT2D eigenvalue weighted by Gasteiger charge is -2.27. The number of benzene rings is 2. The number of hydrogen-bond donors (Lipinski definition) is 3. The first-order valence-electron chi connectivity index (χ1n) is 40.4. The first-order chi connectivity index (χ1) is 63.7. The van der Waals surface area contributed by atoms with Crippen molar-refractivity contribution in [2.75, 3.05) is 26.2 Å². The van der Waals surface area contributed by atoms with Gasteiger partial charge in [-0.25, -0.2) is 52.1 Å². The number of fused-ring (bicyclic) bond motifs is 2. The van der Waals surface area contributed by atoms with Crippen molar-refractivity contribution in [3.05, 3.63) is 208 Å². The van der Waals surface area contributed by atoms with Crippen LogP contribution in [0.1, 0.15) is 138 Å². The molecule has 51 heteroatoms. The van der Waals surface area contributed by atoms with E-state index in [1.165, 1.54) is 58.0 Å². The van der Waals surface area contributed by atoms with Gasteiger partial charge >= 0.3 is 18.2 Å². The first-order valence-corrected chi connectivity index (χ1v) is 51.6. The number of ether oxygens (including phenoxy) is 2. The fraction of sp³-hybridized carbons (Fsp3) is 0.395. The highest BCUT2D eigenvalue weighted by molar-refractivity contribution is 9.11. The molecular formula is C86H95Br4F4N17O16S10. The lowest BCUT2D eigenvalue weighted by Crippen LogP contribution is -2.45. The molecule has 137 heavy (non-hydrogen) atoms. The van der Waals surface area contributed by atoms with E-state index in [4.69, 9.17) is 14.6 Å². The number of aromatic nitrogens is 12. The van der Waals surface area contributed by atoms with E-state index in [9.17, 15) is 81.1 Å². The third kappa shape index (κ3) is 35.2. The van der Waals surface area contributed by atoms with Gasteiger partial charge in [0.1, 0.15) is 87.3 Å². The van der Waals surface area contributed by atoms with Crippen LogP contribution in [0.5, 0.6) is 0 Å². The van der Waals surface area contributed by atoms with E-state index in [2.05, 4.69) is 176 Å². The largest absolute Gasteiger partial charge is 0.618 e. The van der Waals surface area contributed by atoms with Crippen LogP contribution in [0.15, 0.2) is 157 Å². The van der Waals surface area contributed by atoms with Crippen molar-refractivity contribution in [3.63, 3.8) is 0 Å². The molecule has 0 radical (unpaired) electrons. The molecule has 8 atom stereocenters. The number of likely N-dealkylation sites (tertiary alicyclic amines) is 3. The molecule has 4 fully saturated rings. The van der Waals surface area contributed by atoms with Gasteiger partial charge in [-0.3, -0.25) is 57.5 Å². The number of ketones is 5. The third-order valence-electron chi connectivity index (χ3n) is 19.7. The maximum Gasteiger partial charge on any atom is 0.411 e. The molecular weight excluding hydrogens is 2240 g/mol. The van der Waals surface area contributed by atoms with Gasteiger partial charge in [0.15, 0.2) is 34.4 Å². The molecule has 736 valence electrons. The molecule has 0 spiro atoms. The van der Waals surface area contributed by atoms with Crippen molar-refractivity contribution in [1.82, 2.24) is 69.2 Å². The minimum atomic E-state index is -1.41. The van der Waals surface area contributed by atoms with Gasteiger partial charge in [-0.1, -0.05) is 31.7 Å². The number of aliphatic carboxylic acids is 1. The van der Waals surface area contributed by atoms with E-state index in [1.807, 2.05) is 18.2 Å². The van der Waals surface area contributed by atoms with Gasteiger partial charge in [-0.2, -0.15) is 42.9 Å². The second-order valence-corrected chi connectivity index (χ2v) is 40.6. The number of nitrogens with zero attached hydrogens (tertiary/aromatic N) is 16. The maximum atomic E-state index is 14.4. The van der Waals surface area contributed by atoms with E-state index >= 15 is 0 Å². The molecule has 12 heterocycles. The number of alkyl halides is 4. The smallest absolute Gasteiger partial charge is 0.411 e. The molecule has 3 N–H and O–H groups in total. The molecule has 0 bridgehead atoms. The Hall–Kier alpha value is -9.23. The molecule has 4 aliphatic heterocycles. The van der Waals surface area contributed by atoms with Crippen LogP contribution < -0.4 is 20.3 Å². The number of nitrogens with one attached hydrogen (secondary N) is 1. The van der Waals surface area contributed by atoms with Crippen LogP contribution in [0.3, 0.4) is 0 Å². The molecule has 4 saturated heterocycles. The van der Waals surface area contributed by atoms with Gasteiger partial charge in [0.05, 0.1) is 68.1 Å². The Morgan fingerprint density at radius 3 is 1.37 bits per heavy atom. The summed E-state index contributed by atoms with van der Waals surface area (Å²) in [6.07, 6.45) is 0.329. The molecule has 0 unspecified atom stereocenters. The molecule has 2 aromatic carbocycles. The maximum absolute atomic E-state index is 14.4. The van der Waals surface area contributed by atoms with Crippen molar-refractivity contribution in [2.24, 2.45) is 4.99 Å². The van der Waals surface area contributed by atoms with Gasteiger partial charge in [-0.15, -0.1) is 0 Å². The third-order valence-corrected chi connectivity index (χ3v) is 24.2. The highest BCUT2D eigenvalue weighted by Crippen LogP contribution is 2.32. The van der Waals surface area contributed by atoms with E-state index in [-0.39, 0.29) is 166 Å². The molecule has 4 amide bonds. The standard InChI is InChI=1S/C26H23BrFN7O4.C16H20BrFN2O4.C16H20BrFN2O3.C16H14N4O3.C11H12BrFN2O2.CH4.S4.S3.S2.H2S/c1-14(36)25-19-8-16(17-10-29-15(2)30-11-17)6-7-20(19)34(32-25)13-24(37)33-12-18(28)9-21(33)26(38)31-23-5-3-4-22(27)35(23)39;1-16(2,3)24-15(22)19-9-10(18)7-12(19)13(21)8-11-5-4-6-14(17)20(11)23;1-16(2,3)23-15(22)20-9-10(18)7-12(20)13(21)8-11-5-4-6-14(17)19-11;1-9(21)16-13-5-11(12-6-17-10(2)18-7-12)3-4-14(13)20(19-16)8-15(22)23;12-11-3-1-2-8(15(11)17)5-10(16)9-4-7(13)6-14-9;;1-3-4-2;1-3-2;1-2;/h3-8,10-11,18,21,39H,9,12-13H2,1-2H3;4-6,10,12H,7-9H2,1-3H3;4-6,10,12H,7-9H2,1-3H3;3-7H,8H2,1-2H3,(H,22,23);1-3,7,9,14H,4-6H2;1H4;;;;1H2/t18-,21+;2*10-,12+;;7-,9+;;;;;/m111.1...../s1. The van der Waals surface area contributed by atoms with Crippen molar-refractivity contribution in [2.45, 2.75) is 195 Å². The normalized spacial score (nSPS) is 17.3. The van der Waals surface area contributed by atoms with Crippen LogP contribution in [0.25, 0.3) is 44.1 Å². The molecule has 0 saturated carbocycles. The second kappa shape index (κ2) is 55.7. The number of amides is 4. The first kappa shape index (κ1) is 118. The van der Waals surface area contributed by atoms with Gasteiger partial charge < -0.3 is 40.4 Å².